The van der Waals surface area contributed by atoms with Crippen LogP contribution in [-0.4, -0.2) is 47.4 Å². The zero-order chi connectivity index (χ0) is 20.9. The molecular weight excluding hydrogens is 393 g/mol. The van der Waals surface area contributed by atoms with Gasteiger partial charge in [0, 0.05) is 42.8 Å². The predicted octanol–water partition coefficient (Wildman–Crippen LogP) is 2.76. The van der Waals surface area contributed by atoms with Crippen LogP contribution in [0.15, 0.2) is 35.6 Å². The quantitative estimate of drug-likeness (QED) is 0.740. The van der Waals surface area contributed by atoms with Gasteiger partial charge in [0.15, 0.2) is 11.5 Å². The Bertz CT molecular complexity index is 893. The van der Waals surface area contributed by atoms with E-state index in [0.717, 1.165) is 23.6 Å². The van der Waals surface area contributed by atoms with Crippen LogP contribution in [-0.2, 0) is 10.3 Å². The molecule has 2 aliphatic rings. The van der Waals surface area contributed by atoms with E-state index in [4.69, 9.17) is 10.5 Å². The number of halogens is 1. The van der Waals surface area contributed by atoms with E-state index in [1.165, 1.54) is 12.3 Å². The molecule has 0 saturated carbocycles. The van der Waals surface area contributed by atoms with Crippen molar-refractivity contribution in [3.8, 4) is 0 Å². The second-order valence-electron chi connectivity index (χ2n) is 6.87. The molecule has 7 nitrogen and oxygen atoms in total. The number of ether oxygens (including phenoxy) is 1. The maximum absolute atomic E-state index is 14.4. The number of aryl methyl sites for hydroxylation is 1. The molecule has 4 rings (SSSR count). The number of aldehydes is 1. The summed E-state index contributed by atoms with van der Waals surface area (Å²) in [6.45, 7) is 2.92. The highest BCUT2D eigenvalue weighted by Gasteiger charge is 2.47. The molecule has 9 heteroatoms. The molecule has 1 unspecified atom stereocenters. The third kappa shape index (κ3) is 4.73. The minimum Gasteiger partial charge on any atom is -0.388 e. The zero-order valence-electron chi connectivity index (χ0n) is 16.4. The van der Waals surface area contributed by atoms with Crippen LogP contribution in [0.4, 0.5) is 10.1 Å². The Hall–Kier alpha value is -2.52. The molecule has 3 heterocycles. The molecule has 3 N–H and O–H groups in total. The summed E-state index contributed by atoms with van der Waals surface area (Å²) in [7, 11) is 1.82. The molecular formula is C20H24FN5O2S. The molecule has 1 fully saturated rings. The fraction of sp³-hybridized carbons (Fsp3) is 0.400. The molecule has 1 aromatic carbocycles. The number of hydrogen-bond acceptors (Lipinski definition) is 8. The van der Waals surface area contributed by atoms with E-state index in [1.54, 1.807) is 24.0 Å². The normalized spacial score (nSPS) is 23.1. The van der Waals surface area contributed by atoms with Gasteiger partial charge in [-0.1, -0.05) is 11.8 Å². The van der Waals surface area contributed by atoms with Crippen LogP contribution in [0, 0.1) is 18.7 Å². The summed E-state index contributed by atoms with van der Waals surface area (Å²) in [5, 5.41) is 3.56. The lowest BCUT2D eigenvalue weighted by atomic mass is 9.76. The van der Waals surface area contributed by atoms with Crippen LogP contribution in [0.25, 0.3) is 0 Å². The largest absolute Gasteiger partial charge is 0.388 e. The first-order chi connectivity index (χ1) is 14.0. The molecule has 2 atom stereocenters. The molecule has 2 aromatic rings. The predicted molar refractivity (Wildman–Crippen MR) is 113 cm³/mol. The summed E-state index contributed by atoms with van der Waals surface area (Å²) in [4.78, 5) is 22.2. The number of nitrogens with two attached hydrogens (primary N) is 1. The highest BCUT2D eigenvalue weighted by atomic mass is 32.2. The highest BCUT2D eigenvalue weighted by molar-refractivity contribution is 8.13. The summed E-state index contributed by atoms with van der Waals surface area (Å²) in [6, 6.07) is 5.03. The van der Waals surface area contributed by atoms with E-state index in [1.807, 2.05) is 20.0 Å². The third-order valence-corrected chi connectivity index (χ3v) is 5.95. The van der Waals surface area contributed by atoms with Crippen LogP contribution in [0.5, 0.6) is 0 Å². The highest BCUT2D eigenvalue weighted by Crippen LogP contribution is 2.45. The molecule has 0 spiro atoms. The molecule has 29 heavy (non-hydrogen) atoms. The fourth-order valence-corrected chi connectivity index (χ4v) is 4.45. The van der Waals surface area contributed by atoms with Gasteiger partial charge in [0.25, 0.3) is 0 Å². The maximum Gasteiger partial charge on any atom is 0.170 e. The number of benzene rings is 1. The average Bonchev–Trinajstić information content (AvgIpc) is 2.75. The molecule has 0 bridgehead atoms. The molecule has 2 aliphatic heterocycles. The van der Waals surface area contributed by atoms with Gasteiger partial charge in [-0.05, 0) is 31.5 Å². The SMILES string of the molecule is CNc1ccc(F)c([C@]23COCCC2CSC(N)=N3)c1.Cc1cnc(C=O)cn1. The van der Waals surface area contributed by atoms with Crippen molar-refractivity contribution in [1.82, 2.24) is 9.97 Å². The molecule has 1 aromatic heterocycles. The van der Waals surface area contributed by atoms with Crippen molar-refractivity contribution in [1.29, 1.82) is 0 Å². The van der Waals surface area contributed by atoms with Gasteiger partial charge >= 0.3 is 0 Å². The average molecular weight is 418 g/mol. The third-order valence-electron chi connectivity index (χ3n) is 4.99. The lowest BCUT2D eigenvalue weighted by Gasteiger charge is -2.43. The van der Waals surface area contributed by atoms with Gasteiger partial charge < -0.3 is 15.8 Å². The number of carbonyl (C=O) groups excluding carboxylic acids is 1. The van der Waals surface area contributed by atoms with Crippen molar-refractivity contribution >= 4 is 28.9 Å². The lowest BCUT2D eigenvalue weighted by molar-refractivity contribution is 0.00304. The summed E-state index contributed by atoms with van der Waals surface area (Å²) in [6.07, 6.45) is 4.56. The molecule has 154 valence electrons. The standard InChI is InChI=1S/C14H18FN3OS.C6H6N2O/c1-17-10-2-3-12(15)11(6-10)14-8-19-5-4-9(14)7-20-13(16)18-14;1-5-2-8-6(4-9)3-7-5/h2-3,6,9,17H,4-5,7-8H2,1H3,(H2,16,18);2-4H,1H3/t9?,14-;/m0./s1. The number of nitrogens with one attached hydrogen (secondary N) is 1. The van der Waals surface area contributed by atoms with Crippen LogP contribution in [0.3, 0.4) is 0 Å². The lowest BCUT2D eigenvalue weighted by Crippen LogP contribution is -2.48. The monoisotopic (exact) mass is 417 g/mol. The molecule has 0 aliphatic carbocycles. The van der Waals surface area contributed by atoms with Gasteiger partial charge in [-0.3, -0.25) is 9.78 Å². The van der Waals surface area contributed by atoms with Crippen LogP contribution in [0.1, 0.15) is 28.2 Å². The Balaban J connectivity index is 0.000000224. The van der Waals surface area contributed by atoms with Crippen molar-refractivity contribution in [2.45, 2.75) is 18.9 Å². The Morgan fingerprint density at radius 3 is 2.90 bits per heavy atom. The fourth-order valence-electron chi connectivity index (χ4n) is 3.40. The van der Waals surface area contributed by atoms with Gasteiger partial charge in [0.2, 0.25) is 0 Å². The molecule has 0 amide bonds. The van der Waals surface area contributed by atoms with Gasteiger partial charge in [-0.25, -0.2) is 14.4 Å². The summed E-state index contributed by atoms with van der Waals surface area (Å²) >= 11 is 1.55. The Labute approximate surface area is 173 Å². The smallest absolute Gasteiger partial charge is 0.170 e. The van der Waals surface area contributed by atoms with Gasteiger partial charge in [-0.2, -0.15) is 0 Å². The minimum absolute atomic E-state index is 0.247. The van der Waals surface area contributed by atoms with Crippen LogP contribution >= 0.6 is 11.8 Å². The van der Waals surface area contributed by atoms with Gasteiger partial charge in [0.05, 0.1) is 18.5 Å². The van der Waals surface area contributed by atoms with E-state index < -0.39 is 5.54 Å². The molecule has 1 saturated heterocycles. The number of amidine groups is 1. The Morgan fingerprint density at radius 2 is 2.21 bits per heavy atom. The first-order valence-corrected chi connectivity index (χ1v) is 10.2. The van der Waals surface area contributed by atoms with E-state index in [2.05, 4.69) is 20.3 Å². The van der Waals surface area contributed by atoms with Gasteiger partial charge in [-0.15, -0.1) is 0 Å². The first kappa shape index (κ1) is 21.2. The number of anilines is 1. The number of fused-ring (bicyclic) bond motifs is 1. The number of hydrogen-bond donors (Lipinski definition) is 2. The van der Waals surface area contributed by atoms with Crippen LogP contribution < -0.4 is 11.1 Å². The second-order valence-corrected chi connectivity index (χ2v) is 7.91. The minimum atomic E-state index is -0.676. The van der Waals surface area contributed by atoms with E-state index in [9.17, 15) is 9.18 Å². The topological polar surface area (TPSA) is 102 Å². The van der Waals surface area contributed by atoms with Crippen molar-refractivity contribution < 1.29 is 13.9 Å². The van der Waals surface area contributed by atoms with E-state index in [-0.39, 0.29) is 11.7 Å². The summed E-state index contributed by atoms with van der Waals surface area (Å²) < 4.78 is 20.0. The Morgan fingerprint density at radius 1 is 1.38 bits per heavy atom. The van der Waals surface area contributed by atoms with Crippen molar-refractivity contribution in [3.63, 3.8) is 0 Å². The number of thioether (sulfide) groups is 1. The summed E-state index contributed by atoms with van der Waals surface area (Å²) in [5.74, 6) is 0.875. The summed E-state index contributed by atoms with van der Waals surface area (Å²) in [5.41, 5.74) is 7.87. The number of nitrogens with zero attached hydrogens (tertiary/aromatic N) is 3. The number of rotatable bonds is 3. The number of aliphatic imine (C=N–C) groups is 1. The van der Waals surface area contributed by atoms with Gasteiger partial charge in [0.1, 0.15) is 17.1 Å². The van der Waals surface area contributed by atoms with Crippen LogP contribution in [0.2, 0.25) is 0 Å². The maximum atomic E-state index is 14.4. The van der Waals surface area contributed by atoms with Crippen molar-refractivity contribution in [2.24, 2.45) is 16.6 Å². The van der Waals surface area contributed by atoms with Crippen molar-refractivity contribution in [2.75, 3.05) is 31.3 Å². The Kier molecular flexibility index (Phi) is 6.81. The number of carbonyl (C=O) groups is 1. The second kappa shape index (κ2) is 9.32. The van der Waals surface area contributed by atoms with Crippen molar-refractivity contribution in [3.05, 3.63) is 53.4 Å². The molecule has 0 radical (unpaired) electrons. The zero-order valence-corrected chi connectivity index (χ0v) is 17.2. The van der Waals surface area contributed by atoms with E-state index >= 15 is 0 Å². The first-order valence-electron chi connectivity index (χ1n) is 9.26. The number of aromatic nitrogens is 2. The van der Waals surface area contributed by atoms with E-state index in [0.29, 0.717) is 35.9 Å².